The van der Waals surface area contributed by atoms with Gasteiger partial charge in [-0.05, 0) is 6.42 Å². The number of thiophene rings is 1. The number of hydrogen-bond acceptors (Lipinski definition) is 6. The first-order valence-corrected chi connectivity index (χ1v) is 6.41. The van der Waals surface area contributed by atoms with Crippen LogP contribution in [0.15, 0.2) is 0 Å². The van der Waals surface area contributed by atoms with E-state index < -0.39 is 5.91 Å². The summed E-state index contributed by atoms with van der Waals surface area (Å²) < 4.78 is 5.36. The third-order valence-electron chi connectivity index (χ3n) is 2.77. The normalized spacial score (nSPS) is 16.1. The van der Waals surface area contributed by atoms with Crippen LogP contribution in [0.2, 0.25) is 0 Å². The number of amides is 1. The minimum Gasteiger partial charge on any atom is -0.396 e. The fourth-order valence-corrected chi connectivity index (χ4v) is 2.97. The highest BCUT2D eigenvalue weighted by atomic mass is 32.1. The average molecular weight is 266 g/mol. The van der Waals surface area contributed by atoms with Gasteiger partial charge in [-0.15, -0.1) is 11.3 Å². The number of ether oxygens (including phenoxy) is 1. The first-order chi connectivity index (χ1) is 8.65. The van der Waals surface area contributed by atoms with Gasteiger partial charge < -0.3 is 21.1 Å². The number of carbonyl (C=O) groups excluding carboxylic acids is 1. The Kier molecular flexibility index (Phi) is 3.69. The van der Waals surface area contributed by atoms with Crippen molar-refractivity contribution in [2.75, 3.05) is 36.9 Å². The van der Waals surface area contributed by atoms with Crippen LogP contribution < -0.4 is 16.4 Å². The van der Waals surface area contributed by atoms with Crippen LogP contribution in [-0.4, -0.2) is 32.2 Å². The van der Waals surface area contributed by atoms with Gasteiger partial charge in [-0.25, -0.2) is 0 Å². The lowest BCUT2D eigenvalue weighted by molar-refractivity contribution is 0.100. The van der Waals surface area contributed by atoms with Gasteiger partial charge in [0.25, 0.3) is 5.91 Å². The second-order valence-electron chi connectivity index (χ2n) is 3.95. The van der Waals surface area contributed by atoms with Gasteiger partial charge in [0.1, 0.15) is 21.5 Å². The lowest BCUT2D eigenvalue weighted by Crippen LogP contribution is -2.25. The molecule has 0 aliphatic carbocycles. The molecule has 18 heavy (non-hydrogen) atoms. The maximum absolute atomic E-state index is 11.3. The molecule has 2 heterocycles. The Bertz CT molecular complexity index is 498. The van der Waals surface area contributed by atoms with E-state index >= 15 is 0 Å². The molecule has 4 N–H and O–H groups in total. The van der Waals surface area contributed by atoms with E-state index in [0.29, 0.717) is 30.3 Å². The van der Waals surface area contributed by atoms with Gasteiger partial charge in [0.2, 0.25) is 0 Å². The van der Waals surface area contributed by atoms with E-state index in [1.165, 1.54) is 11.3 Å². The summed E-state index contributed by atoms with van der Waals surface area (Å²) >= 11 is 1.18. The van der Waals surface area contributed by atoms with Crippen molar-refractivity contribution >= 4 is 27.9 Å². The number of hydrogen-bond donors (Lipinski definition) is 2. The lowest BCUT2D eigenvalue weighted by Gasteiger charge is -2.20. The summed E-state index contributed by atoms with van der Waals surface area (Å²) in [5, 5.41) is 9.88. The molecule has 1 aromatic heterocycles. The topological polar surface area (TPSA) is 105 Å². The van der Waals surface area contributed by atoms with Gasteiger partial charge in [-0.1, -0.05) is 0 Å². The average Bonchev–Trinajstić information content (AvgIpc) is 2.54. The molecular formula is C11H14N4O2S. The zero-order valence-corrected chi connectivity index (χ0v) is 10.6. The summed E-state index contributed by atoms with van der Waals surface area (Å²) in [5.41, 5.74) is 11.6. The van der Waals surface area contributed by atoms with Crippen molar-refractivity contribution in [3.63, 3.8) is 0 Å². The van der Waals surface area contributed by atoms with Gasteiger partial charge in [-0.2, -0.15) is 5.26 Å². The van der Waals surface area contributed by atoms with Crippen molar-refractivity contribution in [1.29, 1.82) is 5.26 Å². The molecule has 0 saturated carbocycles. The second kappa shape index (κ2) is 5.25. The van der Waals surface area contributed by atoms with Gasteiger partial charge in [0.05, 0.1) is 12.3 Å². The molecular weight excluding hydrogens is 252 g/mol. The van der Waals surface area contributed by atoms with E-state index in [9.17, 15) is 4.79 Å². The molecule has 0 atom stereocenters. The maximum atomic E-state index is 11.3. The molecule has 1 aliphatic heterocycles. The first-order valence-electron chi connectivity index (χ1n) is 5.60. The summed E-state index contributed by atoms with van der Waals surface area (Å²) in [6.07, 6.45) is 0.884. The number of primary amides is 1. The third-order valence-corrected chi connectivity index (χ3v) is 4.05. The number of nitriles is 1. The number of nitrogen functional groups attached to an aromatic ring is 1. The molecule has 1 aliphatic rings. The van der Waals surface area contributed by atoms with E-state index in [0.717, 1.165) is 13.0 Å². The van der Waals surface area contributed by atoms with Crippen molar-refractivity contribution in [3.05, 3.63) is 10.4 Å². The molecule has 96 valence electrons. The van der Waals surface area contributed by atoms with Gasteiger partial charge in [0.15, 0.2) is 0 Å². The number of nitrogens with zero attached hydrogens (tertiary/aromatic N) is 2. The highest BCUT2D eigenvalue weighted by Crippen LogP contribution is 2.37. The van der Waals surface area contributed by atoms with Crippen LogP contribution in [0, 0.1) is 11.3 Å². The Morgan fingerprint density at radius 3 is 2.89 bits per heavy atom. The van der Waals surface area contributed by atoms with Crippen LogP contribution >= 0.6 is 11.3 Å². The standard InChI is InChI=1S/C11H14N4O2S/c12-6-7-8(13)9(10(14)16)18-11(7)15-2-1-4-17-5-3-15/h1-5,13H2,(H2,14,16). The van der Waals surface area contributed by atoms with E-state index in [1.54, 1.807) is 0 Å². The molecule has 0 unspecified atom stereocenters. The fourth-order valence-electron chi connectivity index (χ4n) is 1.89. The summed E-state index contributed by atoms with van der Waals surface area (Å²) in [4.78, 5) is 13.5. The monoisotopic (exact) mass is 266 g/mol. The van der Waals surface area contributed by atoms with E-state index in [2.05, 4.69) is 6.07 Å². The number of rotatable bonds is 2. The molecule has 1 aromatic rings. The number of carbonyl (C=O) groups is 1. The maximum Gasteiger partial charge on any atom is 0.261 e. The zero-order chi connectivity index (χ0) is 13.1. The largest absolute Gasteiger partial charge is 0.396 e. The molecule has 0 radical (unpaired) electrons. The Balaban J connectivity index is 2.40. The highest BCUT2D eigenvalue weighted by molar-refractivity contribution is 7.19. The van der Waals surface area contributed by atoms with E-state index in [4.69, 9.17) is 21.5 Å². The molecule has 1 fully saturated rings. The predicted octanol–water partition coefficient (Wildman–Crippen LogP) is 0.528. The molecule has 0 spiro atoms. The molecule has 2 rings (SSSR count). The summed E-state index contributed by atoms with van der Waals surface area (Å²) in [7, 11) is 0. The molecule has 6 nitrogen and oxygen atoms in total. The van der Waals surface area contributed by atoms with Gasteiger partial charge >= 0.3 is 0 Å². The lowest BCUT2D eigenvalue weighted by atomic mass is 10.2. The Labute approximate surface area is 109 Å². The summed E-state index contributed by atoms with van der Waals surface area (Å²) in [6, 6.07) is 2.05. The minimum absolute atomic E-state index is 0.190. The van der Waals surface area contributed by atoms with Gasteiger partial charge in [-0.3, -0.25) is 4.79 Å². The Morgan fingerprint density at radius 2 is 2.22 bits per heavy atom. The molecule has 0 bridgehead atoms. The molecule has 1 amide bonds. The minimum atomic E-state index is -0.591. The van der Waals surface area contributed by atoms with Crippen molar-refractivity contribution in [3.8, 4) is 6.07 Å². The third kappa shape index (κ3) is 2.25. The predicted molar refractivity (Wildman–Crippen MR) is 69.6 cm³/mol. The number of nitrogens with two attached hydrogens (primary N) is 2. The Morgan fingerprint density at radius 1 is 1.44 bits per heavy atom. The van der Waals surface area contributed by atoms with Crippen LogP contribution in [0.1, 0.15) is 21.7 Å². The van der Waals surface area contributed by atoms with Gasteiger partial charge in [0, 0.05) is 19.7 Å². The first kappa shape index (κ1) is 12.7. The number of anilines is 2. The van der Waals surface area contributed by atoms with E-state index in [-0.39, 0.29) is 10.6 Å². The quantitative estimate of drug-likeness (QED) is 0.812. The molecule has 0 aromatic carbocycles. The second-order valence-corrected chi connectivity index (χ2v) is 4.95. The molecule has 1 saturated heterocycles. The zero-order valence-electron chi connectivity index (χ0n) is 9.81. The van der Waals surface area contributed by atoms with Crippen molar-refractivity contribution in [2.24, 2.45) is 5.73 Å². The van der Waals surface area contributed by atoms with Crippen LogP contribution in [0.3, 0.4) is 0 Å². The smallest absolute Gasteiger partial charge is 0.261 e. The SMILES string of the molecule is N#Cc1c(N2CCCOCC2)sc(C(N)=O)c1N. The van der Waals surface area contributed by atoms with E-state index in [1.807, 2.05) is 4.90 Å². The van der Waals surface area contributed by atoms with Crippen molar-refractivity contribution in [1.82, 2.24) is 0 Å². The summed E-state index contributed by atoms with van der Waals surface area (Å²) in [6.45, 7) is 2.79. The van der Waals surface area contributed by atoms with Crippen LogP contribution in [0.4, 0.5) is 10.7 Å². The van der Waals surface area contributed by atoms with Crippen LogP contribution in [0.25, 0.3) is 0 Å². The molecule has 7 heteroatoms. The fraction of sp³-hybridized carbons (Fsp3) is 0.455. The Hall–Kier alpha value is -1.78. The van der Waals surface area contributed by atoms with Crippen molar-refractivity contribution < 1.29 is 9.53 Å². The highest BCUT2D eigenvalue weighted by Gasteiger charge is 2.23. The van der Waals surface area contributed by atoms with Crippen molar-refractivity contribution in [2.45, 2.75) is 6.42 Å². The van der Waals surface area contributed by atoms with Crippen LogP contribution in [-0.2, 0) is 4.74 Å². The van der Waals surface area contributed by atoms with Crippen LogP contribution in [0.5, 0.6) is 0 Å². The summed E-state index contributed by atoms with van der Waals surface area (Å²) in [5.74, 6) is -0.591.